The molecule has 1 aromatic rings. The Morgan fingerprint density at radius 3 is 2.87 bits per heavy atom. The second kappa shape index (κ2) is 7.96. The number of benzene rings is 1. The number of nitrogens with one attached hydrogen (secondary N) is 1. The molecule has 0 saturated carbocycles. The van der Waals surface area contributed by atoms with E-state index in [4.69, 9.17) is 0 Å². The molecular weight excluding hydrogens is 284 g/mol. The number of hydrogen-bond donors (Lipinski definition) is 1. The fourth-order valence-corrected chi connectivity index (χ4v) is 3.38. The van der Waals surface area contributed by atoms with E-state index >= 15 is 0 Å². The zero-order chi connectivity index (χ0) is 16.9. The van der Waals surface area contributed by atoms with Gasteiger partial charge in [-0.3, -0.25) is 9.69 Å². The molecule has 0 spiro atoms. The Bertz CT molecular complexity index is 524. The van der Waals surface area contributed by atoms with Crippen LogP contribution < -0.4 is 5.32 Å². The standard InChI is InChI=1S/C20H32N2O/c1-16-7-5-9-18(13-16)10-11-19(23)21-15-20(3,4)22-12-6-8-17(2)14-22/h5,7,9,13,17H,6,8,10-12,14-15H2,1-4H3,(H,21,23). The van der Waals surface area contributed by atoms with E-state index in [-0.39, 0.29) is 11.4 Å². The smallest absolute Gasteiger partial charge is 0.220 e. The van der Waals surface area contributed by atoms with Gasteiger partial charge >= 0.3 is 0 Å². The third-order valence-electron chi connectivity index (χ3n) is 4.95. The van der Waals surface area contributed by atoms with E-state index in [1.54, 1.807) is 0 Å². The monoisotopic (exact) mass is 316 g/mol. The van der Waals surface area contributed by atoms with Gasteiger partial charge in [0.15, 0.2) is 0 Å². The highest BCUT2D eigenvalue weighted by Crippen LogP contribution is 2.23. The molecule has 0 aromatic heterocycles. The first-order valence-electron chi connectivity index (χ1n) is 8.94. The quantitative estimate of drug-likeness (QED) is 0.870. The molecule has 128 valence electrons. The first-order chi connectivity index (χ1) is 10.9. The van der Waals surface area contributed by atoms with Crippen molar-refractivity contribution in [3.63, 3.8) is 0 Å². The number of aryl methyl sites for hydroxylation is 2. The Hall–Kier alpha value is -1.35. The molecule has 1 atom stereocenters. The Kier molecular flexibility index (Phi) is 6.23. The lowest BCUT2D eigenvalue weighted by Gasteiger charge is -2.43. The number of carbonyl (C=O) groups is 1. The van der Waals surface area contributed by atoms with Gasteiger partial charge in [0.1, 0.15) is 0 Å². The Labute approximate surface area is 141 Å². The number of nitrogens with zero attached hydrogens (tertiary/aromatic N) is 1. The maximum Gasteiger partial charge on any atom is 0.220 e. The summed E-state index contributed by atoms with van der Waals surface area (Å²) in [5.74, 6) is 0.921. The van der Waals surface area contributed by atoms with Crippen LogP contribution in [0.2, 0.25) is 0 Å². The van der Waals surface area contributed by atoms with Gasteiger partial charge in [0.25, 0.3) is 0 Å². The van der Waals surface area contributed by atoms with Crippen LogP contribution in [0, 0.1) is 12.8 Å². The van der Waals surface area contributed by atoms with Gasteiger partial charge in [0.05, 0.1) is 0 Å². The lowest BCUT2D eigenvalue weighted by atomic mass is 9.93. The molecule has 1 aliphatic heterocycles. The number of amides is 1. The highest BCUT2D eigenvalue weighted by Gasteiger charge is 2.30. The van der Waals surface area contributed by atoms with Crippen LogP contribution in [0.5, 0.6) is 0 Å². The van der Waals surface area contributed by atoms with Gasteiger partial charge in [-0.1, -0.05) is 36.8 Å². The van der Waals surface area contributed by atoms with E-state index in [9.17, 15) is 4.79 Å². The van der Waals surface area contributed by atoms with E-state index in [1.165, 1.54) is 24.0 Å². The van der Waals surface area contributed by atoms with Crippen molar-refractivity contribution >= 4 is 5.91 Å². The minimum Gasteiger partial charge on any atom is -0.354 e. The fraction of sp³-hybridized carbons (Fsp3) is 0.650. The third kappa shape index (κ3) is 5.65. The van der Waals surface area contributed by atoms with Crippen LogP contribution in [-0.2, 0) is 11.2 Å². The summed E-state index contributed by atoms with van der Waals surface area (Å²) in [5.41, 5.74) is 2.53. The highest BCUT2D eigenvalue weighted by molar-refractivity contribution is 5.76. The summed E-state index contributed by atoms with van der Waals surface area (Å²) >= 11 is 0. The minimum absolute atomic E-state index is 0.0354. The fourth-order valence-electron chi connectivity index (χ4n) is 3.38. The number of rotatable bonds is 6. The van der Waals surface area contributed by atoms with Crippen molar-refractivity contribution in [3.8, 4) is 0 Å². The van der Waals surface area contributed by atoms with E-state index in [0.29, 0.717) is 6.42 Å². The SMILES string of the molecule is Cc1cccc(CCC(=O)NCC(C)(C)N2CCCC(C)C2)c1. The van der Waals surface area contributed by atoms with Crippen LogP contribution in [0.3, 0.4) is 0 Å². The molecule has 1 aliphatic rings. The van der Waals surface area contributed by atoms with Gasteiger partial charge in [-0.25, -0.2) is 0 Å². The summed E-state index contributed by atoms with van der Waals surface area (Å²) in [4.78, 5) is 14.7. The second-order valence-electron chi connectivity index (χ2n) is 7.77. The van der Waals surface area contributed by atoms with Crippen LogP contribution in [0.1, 0.15) is 51.2 Å². The molecule has 1 aromatic carbocycles. The van der Waals surface area contributed by atoms with E-state index in [1.807, 2.05) is 0 Å². The Morgan fingerprint density at radius 2 is 2.17 bits per heavy atom. The molecule has 1 heterocycles. The normalized spacial score (nSPS) is 19.6. The number of hydrogen-bond acceptors (Lipinski definition) is 2. The molecular formula is C20H32N2O. The highest BCUT2D eigenvalue weighted by atomic mass is 16.1. The van der Waals surface area contributed by atoms with Crippen LogP contribution in [0.4, 0.5) is 0 Å². The van der Waals surface area contributed by atoms with Gasteiger partial charge in [-0.05, 0) is 58.1 Å². The van der Waals surface area contributed by atoms with Crippen LogP contribution in [0.15, 0.2) is 24.3 Å². The van der Waals surface area contributed by atoms with Gasteiger partial charge < -0.3 is 5.32 Å². The first kappa shape index (κ1) is 18.0. The van der Waals surface area contributed by atoms with Gasteiger partial charge in [-0.15, -0.1) is 0 Å². The topological polar surface area (TPSA) is 32.3 Å². The zero-order valence-corrected chi connectivity index (χ0v) is 15.2. The van der Waals surface area contributed by atoms with Crippen LogP contribution in [0.25, 0.3) is 0 Å². The average molecular weight is 316 g/mol. The van der Waals surface area contributed by atoms with Crippen molar-refractivity contribution in [2.45, 2.75) is 58.9 Å². The maximum atomic E-state index is 12.2. The maximum absolute atomic E-state index is 12.2. The number of piperidine rings is 1. The van der Waals surface area contributed by atoms with Gasteiger partial charge in [0, 0.05) is 25.0 Å². The predicted molar refractivity (Wildman–Crippen MR) is 96.6 cm³/mol. The molecule has 1 N–H and O–H groups in total. The molecule has 0 aliphatic carbocycles. The van der Waals surface area contributed by atoms with Gasteiger partial charge in [-0.2, -0.15) is 0 Å². The Balaban J connectivity index is 1.76. The number of carbonyl (C=O) groups excluding carboxylic acids is 1. The lowest BCUT2D eigenvalue weighted by Crippen LogP contribution is -2.54. The van der Waals surface area contributed by atoms with Crippen LogP contribution >= 0.6 is 0 Å². The molecule has 0 bridgehead atoms. The minimum atomic E-state index is 0.0354. The lowest BCUT2D eigenvalue weighted by molar-refractivity contribution is -0.121. The van der Waals surface area contributed by atoms with E-state index in [0.717, 1.165) is 32.0 Å². The molecule has 23 heavy (non-hydrogen) atoms. The largest absolute Gasteiger partial charge is 0.354 e. The molecule has 3 nitrogen and oxygen atoms in total. The third-order valence-corrected chi connectivity index (χ3v) is 4.95. The summed E-state index contributed by atoms with van der Waals surface area (Å²) in [5, 5.41) is 3.14. The summed E-state index contributed by atoms with van der Waals surface area (Å²) in [6, 6.07) is 8.40. The van der Waals surface area contributed by atoms with Crippen molar-refractivity contribution in [3.05, 3.63) is 35.4 Å². The molecule has 1 unspecified atom stereocenters. The predicted octanol–water partition coefficient (Wildman–Crippen LogP) is 3.55. The van der Waals surface area contributed by atoms with E-state index < -0.39 is 0 Å². The molecule has 1 fully saturated rings. The van der Waals surface area contributed by atoms with E-state index in [2.05, 4.69) is 62.2 Å². The van der Waals surface area contributed by atoms with Crippen LogP contribution in [-0.4, -0.2) is 36.0 Å². The Morgan fingerprint density at radius 1 is 1.39 bits per heavy atom. The number of likely N-dealkylation sites (tertiary alicyclic amines) is 1. The summed E-state index contributed by atoms with van der Waals surface area (Å²) < 4.78 is 0. The second-order valence-corrected chi connectivity index (χ2v) is 7.77. The molecule has 0 radical (unpaired) electrons. The van der Waals surface area contributed by atoms with Gasteiger partial charge in [0.2, 0.25) is 5.91 Å². The first-order valence-corrected chi connectivity index (χ1v) is 8.94. The van der Waals surface area contributed by atoms with Crippen molar-refractivity contribution in [2.75, 3.05) is 19.6 Å². The summed E-state index contributed by atoms with van der Waals surface area (Å²) in [6.07, 6.45) is 3.98. The molecule has 2 rings (SSSR count). The van der Waals surface area contributed by atoms with Crippen molar-refractivity contribution in [1.82, 2.24) is 10.2 Å². The summed E-state index contributed by atoms with van der Waals surface area (Å²) in [7, 11) is 0. The molecule has 1 amide bonds. The van der Waals surface area contributed by atoms with Crippen molar-refractivity contribution in [2.24, 2.45) is 5.92 Å². The summed E-state index contributed by atoms with van der Waals surface area (Å²) in [6.45, 7) is 11.9. The van der Waals surface area contributed by atoms with Crippen molar-refractivity contribution in [1.29, 1.82) is 0 Å². The molecule has 3 heteroatoms. The zero-order valence-electron chi connectivity index (χ0n) is 15.2. The molecule has 1 saturated heterocycles. The average Bonchev–Trinajstić information content (AvgIpc) is 2.51. The van der Waals surface area contributed by atoms with Crippen molar-refractivity contribution < 1.29 is 4.79 Å².